The van der Waals surface area contributed by atoms with E-state index in [1.807, 2.05) is 41.8 Å². The Kier molecular flexibility index (Phi) is 5.53. The molecular weight excluding hydrogens is 358 g/mol. The summed E-state index contributed by atoms with van der Waals surface area (Å²) in [4.78, 5) is 16.4. The van der Waals surface area contributed by atoms with Crippen molar-refractivity contribution >= 4 is 34.1 Å². The van der Waals surface area contributed by atoms with E-state index in [4.69, 9.17) is 16.3 Å². The molecule has 3 aromatic rings. The average Bonchev–Trinajstić information content (AvgIpc) is 3.10. The highest BCUT2D eigenvalue weighted by atomic mass is 35.5. The number of hydrogen-bond acceptors (Lipinski definition) is 4. The molecule has 0 aliphatic carbocycles. The molecule has 0 aliphatic rings. The number of carbonyl (C=O) groups is 1. The van der Waals surface area contributed by atoms with Gasteiger partial charge in [0.2, 0.25) is 0 Å². The maximum Gasteiger partial charge on any atom is 0.321 e. The molecule has 2 aromatic carbocycles. The zero-order chi connectivity index (χ0) is 17.6. The van der Waals surface area contributed by atoms with Crippen molar-refractivity contribution < 1.29 is 9.53 Å². The van der Waals surface area contributed by atoms with Crippen molar-refractivity contribution in [2.75, 3.05) is 12.4 Å². The predicted octanol–water partition coefficient (Wildman–Crippen LogP) is 4.79. The van der Waals surface area contributed by atoms with E-state index < -0.39 is 0 Å². The summed E-state index contributed by atoms with van der Waals surface area (Å²) in [6, 6.07) is 14.6. The highest BCUT2D eigenvalue weighted by molar-refractivity contribution is 7.14. The molecule has 0 saturated carbocycles. The van der Waals surface area contributed by atoms with Crippen molar-refractivity contribution in [1.82, 2.24) is 10.3 Å². The van der Waals surface area contributed by atoms with Gasteiger partial charge in [0.1, 0.15) is 5.75 Å². The van der Waals surface area contributed by atoms with Crippen molar-refractivity contribution in [3.8, 4) is 17.0 Å². The summed E-state index contributed by atoms with van der Waals surface area (Å²) in [7, 11) is 1.62. The van der Waals surface area contributed by atoms with Crippen LogP contribution in [0.25, 0.3) is 11.3 Å². The molecule has 2 amide bonds. The Hall–Kier alpha value is -2.57. The number of nitrogens with one attached hydrogen (secondary N) is 2. The van der Waals surface area contributed by atoms with E-state index in [0.29, 0.717) is 16.7 Å². The van der Waals surface area contributed by atoms with Crippen LogP contribution in [0.15, 0.2) is 53.9 Å². The molecule has 5 nitrogen and oxygen atoms in total. The lowest BCUT2D eigenvalue weighted by atomic mass is 10.2. The number of amides is 2. The fourth-order valence-electron chi connectivity index (χ4n) is 2.17. The van der Waals surface area contributed by atoms with Gasteiger partial charge in [0.15, 0.2) is 5.13 Å². The van der Waals surface area contributed by atoms with Gasteiger partial charge >= 0.3 is 6.03 Å². The number of anilines is 1. The third-order valence-electron chi connectivity index (χ3n) is 3.46. The first kappa shape index (κ1) is 17.3. The van der Waals surface area contributed by atoms with Crippen molar-refractivity contribution in [2.45, 2.75) is 6.54 Å². The summed E-state index contributed by atoms with van der Waals surface area (Å²) in [6.45, 7) is 0.414. The molecule has 128 valence electrons. The van der Waals surface area contributed by atoms with Gasteiger partial charge in [0, 0.05) is 22.5 Å². The van der Waals surface area contributed by atoms with Gasteiger partial charge in [-0.05, 0) is 29.8 Å². The molecule has 0 fully saturated rings. The number of thiazole rings is 1. The Morgan fingerprint density at radius 3 is 2.80 bits per heavy atom. The Morgan fingerprint density at radius 1 is 1.24 bits per heavy atom. The average molecular weight is 374 g/mol. The minimum atomic E-state index is -0.304. The second-order valence-corrected chi connectivity index (χ2v) is 6.50. The van der Waals surface area contributed by atoms with Crippen LogP contribution in [-0.2, 0) is 6.54 Å². The number of halogens is 1. The van der Waals surface area contributed by atoms with Gasteiger partial charge in [0.05, 0.1) is 12.8 Å². The zero-order valence-electron chi connectivity index (χ0n) is 13.5. The topological polar surface area (TPSA) is 63.2 Å². The number of urea groups is 1. The fourth-order valence-corrected chi connectivity index (χ4v) is 3.01. The number of methoxy groups -OCH3 is 1. The standard InChI is InChI=1S/C18H16ClN3O2S/c1-24-15-4-2-3-13(9-15)16-11-25-18(21-16)22-17(23)20-10-12-5-7-14(19)8-6-12/h2-9,11H,10H2,1H3,(H2,20,21,22,23). The predicted molar refractivity (Wildman–Crippen MR) is 101 cm³/mol. The molecule has 2 N–H and O–H groups in total. The van der Waals surface area contributed by atoms with E-state index in [1.165, 1.54) is 11.3 Å². The first-order chi connectivity index (χ1) is 12.1. The van der Waals surface area contributed by atoms with Crippen LogP contribution in [0.1, 0.15) is 5.56 Å². The highest BCUT2D eigenvalue weighted by Gasteiger charge is 2.08. The summed E-state index contributed by atoms with van der Waals surface area (Å²) in [5.74, 6) is 0.765. The molecular formula is C18H16ClN3O2S. The molecule has 3 rings (SSSR count). The Morgan fingerprint density at radius 2 is 2.04 bits per heavy atom. The monoisotopic (exact) mass is 373 g/mol. The third-order valence-corrected chi connectivity index (χ3v) is 4.47. The number of nitrogens with zero attached hydrogens (tertiary/aromatic N) is 1. The first-order valence-electron chi connectivity index (χ1n) is 7.53. The van der Waals surface area contributed by atoms with Crippen LogP contribution < -0.4 is 15.4 Å². The molecule has 0 radical (unpaired) electrons. The maximum atomic E-state index is 12.0. The van der Waals surface area contributed by atoms with E-state index in [9.17, 15) is 4.79 Å². The molecule has 0 spiro atoms. The maximum absolute atomic E-state index is 12.0. The van der Waals surface area contributed by atoms with Crippen molar-refractivity contribution in [3.05, 3.63) is 64.5 Å². The van der Waals surface area contributed by atoms with E-state index in [0.717, 1.165) is 22.6 Å². The molecule has 1 heterocycles. The number of hydrogen-bond donors (Lipinski definition) is 2. The SMILES string of the molecule is COc1cccc(-c2csc(NC(=O)NCc3ccc(Cl)cc3)n2)c1. The quantitative estimate of drug-likeness (QED) is 0.675. The van der Waals surface area contributed by atoms with Gasteiger partial charge in [-0.1, -0.05) is 35.9 Å². The lowest BCUT2D eigenvalue weighted by Crippen LogP contribution is -2.28. The molecule has 0 atom stereocenters. The lowest BCUT2D eigenvalue weighted by Gasteiger charge is -2.05. The number of carbonyl (C=O) groups excluding carboxylic acids is 1. The van der Waals surface area contributed by atoms with Gasteiger partial charge in [-0.25, -0.2) is 9.78 Å². The Bertz CT molecular complexity index is 865. The molecule has 1 aromatic heterocycles. The zero-order valence-corrected chi connectivity index (χ0v) is 15.0. The van der Waals surface area contributed by atoms with Crippen LogP contribution in [-0.4, -0.2) is 18.1 Å². The van der Waals surface area contributed by atoms with Crippen molar-refractivity contribution in [3.63, 3.8) is 0 Å². The second kappa shape index (κ2) is 8.00. The molecule has 7 heteroatoms. The van der Waals surface area contributed by atoms with Crippen LogP contribution >= 0.6 is 22.9 Å². The van der Waals surface area contributed by atoms with E-state index in [2.05, 4.69) is 15.6 Å². The largest absolute Gasteiger partial charge is 0.497 e. The molecule has 0 aliphatic heterocycles. The fraction of sp³-hybridized carbons (Fsp3) is 0.111. The van der Waals surface area contributed by atoms with Crippen LogP contribution in [0, 0.1) is 0 Å². The first-order valence-corrected chi connectivity index (χ1v) is 8.79. The van der Waals surface area contributed by atoms with Crippen LogP contribution in [0.5, 0.6) is 5.75 Å². The van der Waals surface area contributed by atoms with E-state index in [-0.39, 0.29) is 6.03 Å². The summed E-state index contributed by atoms with van der Waals surface area (Å²) in [5, 5.41) is 8.62. The molecule has 0 unspecified atom stereocenters. The second-order valence-electron chi connectivity index (χ2n) is 5.20. The van der Waals surface area contributed by atoms with Crippen LogP contribution in [0.4, 0.5) is 9.93 Å². The number of aromatic nitrogens is 1. The van der Waals surface area contributed by atoms with Crippen molar-refractivity contribution in [1.29, 1.82) is 0 Å². The summed E-state index contributed by atoms with van der Waals surface area (Å²) in [6.07, 6.45) is 0. The van der Waals surface area contributed by atoms with Gasteiger partial charge in [-0.2, -0.15) is 0 Å². The van der Waals surface area contributed by atoms with Gasteiger partial charge in [-0.15, -0.1) is 11.3 Å². The number of benzene rings is 2. The summed E-state index contributed by atoms with van der Waals surface area (Å²) < 4.78 is 5.22. The molecule has 25 heavy (non-hydrogen) atoms. The normalized spacial score (nSPS) is 10.3. The Balaban J connectivity index is 1.58. The van der Waals surface area contributed by atoms with Crippen LogP contribution in [0.3, 0.4) is 0 Å². The molecule has 0 bridgehead atoms. The Labute approximate surface area is 154 Å². The van der Waals surface area contributed by atoms with Crippen LogP contribution in [0.2, 0.25) is 5.02 Å². The smallest absolute Gasteiger partial charge is 0.321 e. The lowest BCUT2D eigenvalue weighted by molar-refractivity contribution is 0.251. The highest BCUT2D eigenvalue weighted by Crippen LogP contribution is 2.27. The minimum absolute atomic E-state index is 0.304. The van der Waals surface area contributed by atoms with Gasteiger partial charge in [0.25, 0.3) is 0 Å². The number of ether oxygens (including phenoxy) is 1. The van der Waals surface area contributed by atoms with Gasteiger partial charge in [-0.3, -0.25) is 5.32 Å². The summed E-state index contributed by atoms with van der Waals surface area (Å²) in [5.41, 5.74) is 2.69. The van der Waals surface area contributed by atoms with E-state index >= 15 is 0 Å². The van der Waals surface area contributed by atoms with E-state index in [1.54, 1.807) is 19.2 Å². The van der Waals surface area contributed by atoms with Crippen molar-refractivity contribution in [2.24, 2.45) is 0 Å². The molecule has 0 saturated heterocycles. The van der Waals surface area contributed by atoms with Gasteiger partial charge < -0.3 is 10.1 Å². The third kappa shape index (κ3) is 4.71. The number of rotatable bonds is 5. The minimum Gasteiger partial charge on any atom is -0.497 e. The summed E-state index contributed by atoms with van der Waals surface area (Å²) >= 11 is 7.21.